The summed E-state index contributed by atoms with van der Waals surface area (Å²) in [6, 6.07) is 9.73. The number of anilines is 1. The van der Waals surface area contributed by atoms with Crippen LogP contribution in [0.25, 0.3) is 0 Å². The Balaban J connectivity index is 1.53. The lowest BCUT2D eigenvalue weighted by Gasteiger charge is -2.26. The number of rotatable bonds is 5. The van der Waals surface area contributed by atoms with Gasteiger partial charge in [0, 0.05) is 31.4 Å². The highest BCUT2D eigenvalue weighted by Crippen LogP contribution is 2.30. The Hall–Kier alpha value is -1.06. The maximum Gasteiger partial charge on any atom is 0.0594 e. The highest BCUT2D eigenvalue weighted by Gasteiger charge is 2.25. The molecule has 1 aromatic carbocycles. The summed E-state index contributed by atoms with van der Waals surface area (Å²) in [5.41, 5.74) is 2.69. The van der Waals surface area contributed by atoms with Crippen molar-refractivity contribution in [3.05, 3.63) is 29.8 Å². The Labute approximate surface area is 128 Å². The average molecular weight is 288 g/mol. The van der Waals surface area contributed by atoms with Crippen LogP contribution in [0.2, 0.25) is 0 Å². The molecule has 3 nitrogen and oxygen atoms in total. The number of morpholine rings is 1. The molecule has 2 fully saturated rings. The molecule has 1 N–H and O–H groups in total. The monoisotopic (exact) mass is 288 g/mol. The highest BCUT2D eigenvalue weighted by atomic mass is 16.5. The van der Waals surface area contributed by atoms with Crippen molar-refractivity contribution in [2.24, 2.45) is 5.92 Å². The van der Waals surface area contributed by atoms with Gasteiger partial charge in [-0.2, -0.15) is 0 Å². The van der Waals surface area contributed by atoms with Crippen molar-refractivity contribution >= 4 is 5.69 Å². The lowest BCUT2D eigenvalue weighted by molar-refractivity contribution is 0.0342. The standard InChI is InChI=1S/C18H28N2O/c1-2-16-4-3-5-18(16)19-17-8-6-15(7-9-17)14-20-10-12-21-13-11-20/h6-9,16,18-19H,2-5,10-14H2,1H3. The molecule has 21 heavy (non-hydrogen) atoms. The summed E-state index contributed by atoms with van der Waals surface area (Å²) < 4.78 is 5.40. The molecule has 1 aliphatic carbocycles. The highest BCUT2D eigenvalue weighted by molar-refractivity contribution is 5.45. The molecule has 0 amide bonds. The third kappa shape index (κ3) is 3.98. The number of ether oxygens (including phenoxy) is 1. The van der Waals surface area contributed by atoms with Gasteiger partial charge in [0.1, 0.15) is 0 Å². The maximum atomic E-state index is 5.40. The molecule has 0 spiro atoms. The molecular formula is C18H28N2O. The molecular weight excluding hydrogens is 260 g/mol. The van der Waals surface area contributed by atoms with Gasteiger partial charge in [0.15, 0.2) is 0 Å². The Kier molecular flexibility index (Phi) is 5.15. The number of hydrogen-bond acceptors (Lipinski definition) is 3. The first-order chi connectivity index (χ1) is 10.3. The zero-order chi connectivity index (χ0) is 14.5. The largest absolute Gasteiger partial charge is 0.382 e. The van der Waals surface area contributed by atoms with Crippen molar-refractivity contribution in [3.8, 4) is 0 Å². The van der Waals surface area contributed by atoms with Gasteiger partial charge in [0.25, 0.3) is 0 Å². The van der Waals surface area contributed by atoms with Crippen LogP contribution >= 0.6 is 0 Å². The van der Waals surface area contributed by atoms with Gasteiger partial charge in [-0.15, -0.1) is 0 Å². The van der Waals surface area contributed by atoms with Gasteiger partial charge in [-0.1, -0.05) is 31.9 Å². The van der Waals surface area contributed by atoms with Gasteiger partial charge >= 0.3 is 0 Å². The first-order valence-electron chi connectivity index (χ1n) is 8.50. The van der Waals surface area contributed by atoms with Crippen LogP contribution in [-0.2, 0) is 11.3 Å². The maximum absolute atomic E-state index is 5.40. The number of benzene rings is 1. The molecule has 0 aromatic heterocycles. The SMILES string of the molecule is CCC1CCCC1Nc1ccc(CN2CCOCC2)cc1. The van der Waals surface area contributed by atoms with Gasteiger partial charge in [-0.3, -0.25) is 4.90 Å². The van der Waals surface area contributed by atoms with Gasteiger partial charge in [-0.25, -0.2) is 0 Å². The molecule has 0 bridgehead atoms. The summed E-state index contributed by atoms with van der Waals surface area (Å²) in [5.74, 6) is 0.859. The average Bonchev–Trinajstić information content (AvgIpc) is 2.97. The lowest BCUT2D eigenvalue weighted by atomic mass is 10.0. The van der Waals surface area contributed by atoms with Crippen molar-refractivity contribution in [2.75, 3.05) is 31.6 Å². The normalized spacial score (nSPS) is 26.9. The van der Waals surface area contributed by atoms with E-state index in [0.29, 0.717) is 6.04 Å². The summed E-state index contributed by atoms with van der Waals surface area (Å²) in [6.07, 6.45) is 5.40. The summed E-state index contributed by atoms with van der Waals surface area (Å²) >= 11 is 0. The van der Waals surface area contributed by atoms with E-state index in [1.165, 1.54) is 36.9 Å². The zero-order valence-electron chi connectivity index (χ0n) is 13.2. The van der Waals surface area contributed by atoms with Crippen molar-refractivity contribution in [1.82, 2.24) is 4.90 Å². The molecule has 2 aliphatic rings. The zero-order valence-corrected chi connectivity index (χ0v) is 13.2. The van der Waals surface area contributed by atoms with E-state index >= 15 is 0 Å². The van der Waals surface area contributed by atoms with E-state index < -0.39 is 0 Å². The van der Waals surface area contributed by atoms with Crippen molar-refractivity contribution in [1.29, 1.82) is 0 Å². The van der Waals surface area contributed by atoms with E-state index in [1.807, 2.05) is 0 Å². The summed E-state index contributed by atoms with van der Waals surface area (Å²) in [4.78, 5) is 2.47. The van der Waals surface area contributed by atoms with Crippen LogP contribution < -0.4 is 5.32 Å². The Bertz CT molecular complexity index is 425. The quantitative estimate of drug-likeness (QED) is 0.897. The topological polar surface area (TPSA) is 24.5 Å². The van der Waals surface area contributed by atoms with E-state index in [0.717, 1.165) is 38.8 Å². The Morgan fingerprint density at radius 3 is 2.62 bits per heavy atom. The van der Waals surface area contributed by atoms with Crippen LogP contribution in [0.15, 0.2) is 24.3 Å². The third-order valence-corrected chi connectivity index (χ3v) is 5.00. The number of nitrogens with zero attached hydrogens (tertiary/aromatic N) is 1. The van der Waals surface area contributed by atoms with Crippen molar-refractivity contribution in [3.63, 3.8) is 0 Å². The lowest BCUT2D eigenvalue weighted by Crippen LogP contribution is -2.35. The molecule has 0 radical (unpaired) electrons. The van der Waals surface area contributed by atoms with E-state index in [1.54, 1.807) is 0 Å². The summed E-state index contributed by atoms with van der Waals surface area (Å²) in [7, 11) is 0. The molecule has 1 saturated heterocycles. The molecule has 1 heterocycles. The number of hydrogen-bond donors (Lipinski definition) is 1. The second-order valence-electron chi connectivity index (χ2n) is 6.44. The smallest absolute Gasteiger partial charge is 0.0594 e. The minimum atomic E-state index is 0.681. The molecule has 1 aliphatic heterocycles. The molecule has 2 unspecified atom stereocenters. The fourth-order valence-corrected chi connectivity index (χ4v) is 3.65. The van der Waals surface area contributed by atoms with Gasteiger partial charge in [0.2, 0.25) is 0 Å². The minimum absolute atomic E-state index is 0.681. The molecule has 116 valence electrons. The van der Waals surface area contributed by atoms with E-state index in [4.69, 9.17) is 4.74 Å². The number of nitrogens with one attached hydrogen (secondary N) is 1. The molecule has 1 aromatic rings. The summed E-state index contributed by atoms with van der Waals surface area (Å²) in [5, 5.41) is 3.74. The fraction of sp³-hybridized carbons (Fsp3) is 0.667. The Morgan fingerprint density at radius 1 is 1.14 bits per heavy atom. The van der Waals surface area contributed by atoms with Crippen LogP contribution in [0.5, 0.6) is 0 Å². The van der Waals surface area contributed by atoms with E-state index in [9.17, 15) is 0 Å². The van der Waals surface area contributed by atoms with Gasteiger partial charge in [0.05, 0.1) is 13.2 Å². The van der Waals surface area contributed by atoms with Crippen LogP contribution in [0.1, 0.15) is 38.2 Å². The fourth-order valence-electron chi connectivity index (χ4n) is 3.65. The Morgan fingerprint density at radius 2 is 1.90 bits per heavy atom. The molecule has 3 heteroatoms. The second kappa shape index (κ2) is 7.28. The van der Waals surface area contributed by atoms with Crippen LogP contribution in [-0.4, -0.2) is 37.2 Å². The predicted octanol–water partition coefficient (Wildman–Crippen LogP) is 3.51. The van der Waals surface area contributed by atoms with E-state index in [2.05, 4.69) is 41.4 Å². The third-order valence-electron chi connectivity index (χ3n) is 5.00. The van der Waals surface area contributed by atoms with Gasteiger partial charge < -0.3 is 10.1 Å². The van der Waals surface area contributed by atoms with Crippen LogP contribution in [0, 0.1) is 5.92 Å². The van der Waals surface area contributed by atoms with E-state index in [-0.39, 0.29) is 0 Å². The minimum Gasteiger partial charge on any atom is -0.382 e. The first kappa shape index (κ1) is 14.9. The van der Waals surface area contributed by atoms with Crippen molar-refractivity contribution < 1.29 is 4.74 Å². The second-order valence-corrected chi connectivity index (χ2v) is 6.44. The summed E-state index contributed by atoms with van der Waals surface area (Å²) in [6.45, 7) is 7.22. The molecule has 3 rings (SSSR count). The van der Waals surface area contributed by atoms with Crippen LogP contribution in [0.3, 0.4) is 0 Å². The van der Waals surface area contributed by atoms with Crippen LogP contribution in [0.4, 0.5) is 5.69 Å². The molecule has 1 saturated carbocycles. The first-order valence-corrected chi connectivity index (χ1v) is 8.50. The predicted molar refractivity (Wildman–Crippen MR) is 87.6 cm³/mol. The molecule has 2 atom stereocenters. The van der Waals surface area contributed by atoms with Crippen molar-refractivity contribution in [2.45, 2.75) is 45.2 Å². The van der Waals surface area contributed by atoms with Gasteiger partial charge in [-0.05, 0) is 36.5 Å².